The largest absolute Gasteiger partial charge is 0.465 e. The molecule has 1 fully saturated rings. The van der Waals surface area contributed by atoms with Gasteiger partial charge in [-0.15, -0.1) is 0 Å². The first-order valence-corrected chi connectivity index (χ1v) is 6.49. The minimum absolute atomic E-state index is 0.100. The summed E-state index contributed by atoms with van der Waals surface area (Å²) >= 11 is 0. The molecule has 116 valence electrons. The molecule has 10 heteroatoms. The first-order valence-electron chi connectivity index (χ1n) is 6.49. The SMILES string of the molecule is Cn1ncc([N+](=O)[O-])c1N1CC[C@@H](O)[C@H](NC(=O)O)CC1. The van der Waals surface area contributed by atoms with Crippen molar-refractivity contribution >= 4 is 17.6 Å². The third kappa shape index (κ3) is 3.21. The zero-order valence-electron chi connectivity index (χ0n) is 11.5. The van der Waals surface area contributed by atoms with E-state index in [0.29, 0.717) is 31.7 Å². The maximum Gasteiger partial charge on any atom is 0.404 e. The molecule has 1 aromatic rings. The van der Waals surface area contributed by atoms with Crippen molar-refractivity contribution in [3.63, 3.8) is 0 Å². The summed E-state index contributed by atoms with van der Waals surface area (Å²) in [6, 6.07) is -0.584. The van der Waals surface area contributed by atoms with E-state index in [1.165, 1.54) is 10.9 Å². The fraction of sp³-hybridized carbons (Fsp3) is 0.636. The van der Waals surface area contributed by atoms with E-state index in [0.717, 1.165) is 0 Å². The minimum Gasteiger partial charge on any atom is -0.465 e. The van der Waals surface area contributed by atoms with E-state index < -0.39 is 23.2 Å². The first kappa shape index (κ1) is 15.0. The molecule has 2 heterocycles. The number of carboxylic acid groups (broad SMARTS) is 1. The molecule has 10 nitrogen and oxygen atoms in total. The molecule has 1 amide bonds. The van der Waals surface area contributed by atoms with Crippen molar-refractivity contribution in [2.75, 3.05) is 18.0 Å². The molecule has 21 heavy (non-hydrogen) atoms. The summed E-state index contributed by atoms with van der Waals surface area (Å²) in [5.74, 6) is 0.364. The molecule has 0 spiro atoms. The van der Waals surface area contributed by atoms with Crippen molar-refractivity contribution in [3.8, 4) is 0 Å². The molecule has 0 bridgehead atoms. The lowest BCUT2D eigenvalue weighted by atomic mass is 10.1. The van der Waals surface area contributed by atoms with Crippen LogP contribution in [0.2, 0.25) is 0 Å². The predicted molar refractivity (Wildman–Crippen MR) is 72.3 cm³/mol. The summed E-state index contributed by atoms with van der Waals surface area (Å²) < 4.78 is 1.41. The van der Waals surface area contributed by atoms with Crippen LogP contribution in [0, 0.1) is 10.1 Å². The zero-order valence-corrected chi connectivity index (χ0v) is 11.5. The number of nitrogens with one attached hydrogen (secondary N) is 1. The number of hydrogen-bond acceptors (Lipinski definition) is 6. The second-order valence-corrected chi connectivity index (χ2v) is 4.92. The van der Waals surface area contributed by atoms with Gasteiger partial charge in [0.1, 0.15) is 6.20 Å². The lowest BCUT2D eigenvalue weighted by Gasteiger charge is -2.21. The zero-order chi connectivity index (χ0) is 15.6. The van der Waals surface area contributed by atoms with E-state index in [2.05, 4.69) is 10.4 Å². The highest BCUT2D eigenvalue weighted by molar-refractivity contribution is 5.65. The normalized spacial score (nSPS) is 22.7. The highest BCUT2D eigenvalue weighted by Crippen LogP contribution is 2.29. The topological polar surface area (TPSA) is 134 Å². The van der Waals surface area contributed by atoms with Gasteiger partial charge in [0.2, 0.25) is 5.82 Å². The molecule has 0 unspecified atom stereocenters. The number of nitro groups is 1. The molecule has 1 saturated heterocycles. The molecule has 1 aliphatic rings. The minimum atomic E-state index is -1.20. The Morgan fingerprint density at radius 1 is 1.52 bits per heavy atom. The van der Waals surface area contributed by atoms with Crippen molar-refractivity contribution in [1.29, 1.82) is 0 Å². The van der Waals surface area contributed by atoms with Gasteiger partial charge in [-0.05, 0) is 12.8 Å². The molecule has 0 saturated carbocycles. The lowest BCUT2D eigenvalue weighted by Crippen LogP contribution is -2.42. The maximum atomic E-state index is 11.0. The number of aryl methyl sites for hydroxylation is 1. The van der Waals surface area contributed by atoms with E-state index in [1.54, 1.807) is 11.9 Å². The molecule has 0 aliphatic carbocycles. The van der Waals surface area contributed by atoms with Gasteiger partial charge in [0.05, 0.1) is 17.1 Å². The Morgan fingerprint density at radius 2 is 2.19 bits per heavy atom. The van der Waals surface area contributed by atoms with Crippen LogP contribution in [0.15, 0.2) is 6.20 Å². The molecule has 0 aromatic carbocycles. The van der Waals surface area contributed by atoms with Crippen LogP contribution in [0.1, 0.15) is 12.8 Å². The number of carbonyl (C=O) groups is 1. The molecule has 1 aromatic heterocycles. The van der Waals surface area contributed by atoms with Gasteiger partial charge in [-0.1, -0.05) is 0 Å². The Balaban J connectivity index is 2.18. The van der Waals surface area contributed by atoms with Gasteiger partial charge < -0.3 is 20.4 Å². The molecule has 2 atom stereocenters. The number of rotatable bonds is 3. The average Bonchev–Trinajstić information content (AvgIpc) is 2.70. The van der Waals surface area contributed by atoms with Crippen molar-refractivity contribution in [1.82, 2.24) is 15.1 Å². The number of amides is 1. The number of aliphatic hydroxyl groups is 1. The number of hydrogen-bond donors (Lipinski definition) is 3. The Bertz CT molecular complexity index is 545. The fourth-order valence-electron chi connectivity index (χ4n) is 2.54. The third-order valence-corrected chi connectivity index (χ3v) is 3.56. The summed E-state index contributed by atoms with van der Waals surface area (Å²) in [7, 11) is 1.61. The molecular formula is C11H17N5O5. The Hall–Kier alpha value is -2.36. The van der Waals surface area contributed by atoms with Crippen LogP contribution in [0.25, 0.3) is 0 Å². The van der Waals surface area contributed by atoms with Gasteiger partial charge in [0.15, 0.2) is 0 Å². The monoisotopic (exact) mass is 299 g/mol. The van der Waals surface area contributed by atoms with E-state index in [4.69, 9.17) is 5.11 Å². The van der Waals surface area contributed by atoms with Crippen molar-refractivity contribution < 1.29 is 19.9 Å². The van der Waals surface area contributed by atoms with Gasteiger partial charge in [0.25, 0.3) is 0 Å². The van der Waals surface area contributed by atoms with Crippen LogP contribution in [-0.2, 0) is 7.05 Å². The van der Waals surface area contributed by atoms with E-state index >= 15 is 0 Å². The predicted octanol–water partition coefficient (Wildman–Crippen LogP) is -0.0744. The van der Waals surface area contributed by atoms with Gasteiger partial charge >= 0.3 is 11.8 Å². The second kappa shape index (κ2) is 5.95. The summed E-state index contributed by atoms with van der Waals surface area (Å²) in [6.07, 6.45) is -0.162. The van der Waals surface area contributed by atoms with Crippen LogP contribution in [-0.4, -0.2) is 56.2 Å². The molecule has 2 rings (SSSR count). The number of aromatic nitrogens is 2. The Morgan fingerprint density at radius 3 is 2.81 bits per heavy atom. The van der Waals surface area contributed by atoms with Gasteiger partial charge in [-0.2, -0.15) is 5.10 Å². The van der Waals surface area contributed by atoms with E-state index in [1.807, 2.05) is 0 Å². The summed E-state index contributed by atoms with van der Waals surface area (Å²) in [4.78, 5) is 23.0. The summed E-state index contributed by atoms with van der Waals surface area (Å²) in [5, 5.41) is 35.9. The summed E-state index contributed by atoms with van der Waals surface area (Å²) in [5.41, 5.74) is -0.100. The average molecular weight is 299 g/mol. The van der Waals surface area contributed by atoms with Crippen LogP contribution in [0.3, 0.4) is 0 Å². The Labute approximate surface area is 120 Å². The van der Waals surface area contributed by atoms with Crippen molar-refractivity contribution in [2.45, 2.75) is 25.0 Å². The molecule has 1 aliphatic heterocycles. The molecule has 3 N–H and O–H groups in total. The number of anilines is 1. The molecule has 0 radical (unpaired) electrons. The van der Waals surface area contributed by atoms with Crippen LogP contribution in [0.4, 0.5) is 16.3 Å². The van der Waals surface area contributed by atoms with E-state index in [-0.39, 0.29) is 5.69 Å². The second-order valence-electron chi connectivity index (χ2n) is 4.92. The van der Waals surface area contributed by atoms with Crippen molar-refractivity contribution in [3.05, 3.63) is 16.3 Å². The highest BCUT2D eigenvalue weighted by atomic mass is 16.6. The summed E-state index contributed by atoms with van der Waals surface area (Å²) in [6.45, 7) is 0.779. The molecular weight excluding hydrogens is 282 g/mol. The quantitative estimate of drug-likeness (QED) is 0.525. The van der Waals surface area contributed by atoms with Crippen LogP contribution >= 0.6 is 0 Å². The number of nitrogens with zero attached hydrogens (tertiary/aromatic N) is 4. The van der Waals surface area contributed by atoms with Gasteiger partial charge in [-0.3, -0.25) is 10.1 Å². The lowest BCUT2D eigenvalue weighted by molar-refractivity contribution is -0.384. The van der Waals surface area contributed by atoms with Crippen molar-refractivity contribution in [2.24, 2.45) is 7.05 Å². The Kier molecular flexibility index (Phi) is 4.26. The highest BCUT2D eigenvalue weighted by Gasteiger charge is 2.30. The third-order valence-electron chi connectivity index (χ3n) is 3.56. The van der Waals surface area contributed by atoms with Gasteiger partial charge in [0, 0.05) is 20.1 Å². The smallest absolute Gasteiger partial charge is 0.404 e. The first-order chi connectivity index (χ1) is 9.90. The van der Waals surface area contributed by atoms with E-state index in [9.17, 15) is 20.0 Å². The maximum absolute atomic E-state index is 11.0. The van der Waals surface area contributed by atoms with Crippen LogP contribution < -0.4 is 10.2 Å². The van der Waals surface area contributed by atoms with Gasteiger partial charge in [-0.25, -0.2) is 9.48 Å². The standard InChI is InChI=1S/C11H17N5O5/c1-14-10(8(6-12-14)16(20)21)15-4-2-7(13-11(18)19)9(17)3-5-15/h6-7,9,13,17H,2-5H2,1H3,(H,18,19)/t7-,9-/m1/s1. The van der Waals surface area contributed by atoms with Crippen LogP contribution in [0.5, 0.6) is 0 Å². The number of aliphatic hydroxyl groups excluding tert-OH is 1. The fourth-order valence-corrected chi connectivity index (χ4v) is 2.54.